The first-order valence-electron chi connectivity index (χ1n) is 3.35. The van der Waals surface area contributed by atoms with Crippen molar-refractivity contribution >= 4 is 0 Å². The van der Waals surface area contributed by atoms with Crippen LogP contribution in [0.2, 0.25) is 0 Å². The molecule has 0 fully saturated rings. The van der Waals surface area contributed by atoms with E-state index in [1.807, 2.05) is 6.92 Å². The summed E-state index contributed by atoms with van der Waals surface area (Å²) in [7, 11) is 0. The van der Waals surface area contributed by atoms with Crippen LogP contribution in [0.3, 0.4) is 0 Å². The molecule has 0 aromatic carbocycles. The Labute approximate surface area is 60.9 Å². The third-order valence-electron chi connectivity index (χ3n) is 0.963. The molecule has 0 aromatic heterocycles. The number of rotatable bonds is 4. The van der Waals surface area contributed by atoms with Gasteiger partial charge in [0, 0.05) is 0 Å². The van der Waals surface area contributed by atoms with Crippen molar-refractivity contribution in [3.05, 3.63) is 12.3 Å². The first-order valence-corrected chi connectivity index (χ1v) is 3.35. The third-order valence-corrected chi connectivity index (χ3v) is 0.963. The van der Waals surface area contributed by atoms with Crippen molar-refractivity contribution in [2.24, 2.45) is 0 Å². The van der Waals surface area contributed by atoms with Gasteiger partial charge < -0.3 is 14.9 Å². The molecule has 0 amide bonds. The van der Waals surface area contributed by atoms with Gasteiger partial charge in [-0.15, -0.1) is 0 Å². The number of hydrogen-bond acceptors (Lipinski definition) is 3. The summed E-state index contributed by atoms with van der Waals surface area (Å²) in [5.41, 5.74) is 0. The molecule has 0 aliphatic heterocycles. The van der Waals surface area contributed by atoms with Crippen LogP contribution < -0.4 is 0 Å². The van der Waals surface area contributed by atoms with E-state index in [9.17, 15) is 0 Å². The van der Waals surface area contributed by atoms with Crippen molar-refractivity contribution in [2.45, 2.75) is 32.7 Å². The molecule has 0 rings (SSSR count). The lowest BCUT2D eigenvalue weighted by molar-refractivity contribution is -0.121. The molecule has 0 aromatic rings. The fourth-order valence-electron chi connectivity index (χ4n) is 0.346. The molecule has 0 bridgehead atoms. The lowest BCUT2D eigenvalue weighted by Gasteiger charge is -2.11. The summed E-state index contributed by atoms with van der Waals surface area (Å²) in [6.45, 7) is 3.42. The van der Waals surface area contributed by atoms with Crippen molar-refractivity contribution in [2.75, 3.05) is 0 Å². The highest BCUT2D eigenvalue weighted by Crippen LogP contribution is 1.95. The zero-order chi connectivity index (χ0) is 7.98. The van der Waals surface area contributed by atoms with Crippen LogP contribution in [-0.4, -0.2) is 22.6 Å². The third kappa shape index (κ3) is 4.35. The van der Waals surface area contributed by atoms with Crippen LogP contribution in [0.5, 0.6) is 0 Å². The number of aliphatic hydroxyl groups excluding tert-OH is 2. The Morgan fingerprint density at radius 3 is 2.50 bits per heavy atom. The molecule has 0 heterocycles. The number of hydrogen-bond donors (Lipinski definition) is 2. The number of allylic oxidation sites excluding steroid dienone is 1. The molecule has 10 heavy (non-hydrogen) atoms. The van der Waals surface area contributed by atoms with Gasteiger partial charge in [0.15, 0.2) is 0 Å². The van der Waals surface area contributed by atoms with Crippen molar-refractivity contribution in [3.8, 4) is 0 Å². The zero-order valence-electron chi connectivity index (χ0n) is 6.32. The van der Waals surface area contributed by atoms with Gasteiger partial charge in [-0.25, -0.2) is 0 Å². The van der Waals surface area contributed by atoms with Crippen LogP contribution in [0, 0.1) is 0 Å². The first kappa shape index (κ1) is 9.46. The summed E-state index contributed by atoms with van der Waals surface area (Å²) in [5, 5.41) is 17.5. The van der Waals surface area contributed by atoms with E-state index < -0.39 is 12.4 Å². The van der Waals surface area contributed by atoms with Crippen molar-refractivity contribution in [3.63, 3.8) is 0 Å². The summed E-state index contributed by atoms with van der Waals surface area (Å²) in [6, 6.07) is 0. The second-order valence-corrected chi connectivity index (χ2v) is 2.05. The van der Waals surface area contributed by atoms with E-state index in [1.165, 1.54) is 13.2 Å². The Morgan fingerprint density at radius 2 is 2.10 bits per heavy atom. The Kier molecular flexibility index (Phi) is 4.98. The Bertz CT molecular complexity index is 99.0. The lowest BCUT2D eigenvalue weighted by atomic mass is 10.4. The molecule has 0 saturated heterocycles. The maximum Gasteiger partial charge on any atom is 0.222 e. The smallest absolute Gasteiger partial charge is 0.222 e. The average molecular weight is 146 g/mol. The molecule has 2 atom stereocenters. The van der Waals surface area contributed by atoms with Crippen LogP contribution in [0.25, 0.3) is 0 Å². The predicted octanol–water partition coefficient (Wildman–Crippen LogP) is 0.626. The van der Waals surface area contributed by atoms with Gasteiger partial charge in [-0.2, -0.15) is 0 Å². The van der Waals surface area contributed by atoms with Gasteiger partial charge >= 0.3 is 0 Å². The Balaban J connectivity index is 3.38. The molecule has 0 radical (unpaired) electrons. The molecule has 3 heteroatoms. The fraction of sp³-hybridized carbons (Fsp3) is 0.714. The molecule has 0 spiro atoms. The monoisotopic (exact) mass is 146 g/mol. The highest BCUT2D eigenvalue weighted by Gasteiger charge is 2.08. The molecular formula is C7H14O3. The Morgan fingerprint density at radius 1 is 1.50 bits per heavy atom. The maximum absolute atomic E-state index is 8.83. The topological polar surface area (TPSA) is 49.7 Å². The van der Waals surface area contributed by atoms with E-state index >= 15 is 0 Å². The van der Waals surface area contributed by atoms with Gasteiger partial charge in [-0.05, 0) is 19.4 Å². The molecule has 0 aliphatic carbocycles. The average Bonchev–Trinajstić information content (AvgIpc) is 1.88. The highest BCUT2D eigenvalue weighted by molar-refractivity contribution is 4.71. The quantitative estimate of drug-likeness (QED) is 0.451. The van der Waals surface area contributed by atoms with E-state index in [1.54, 1.807) is 6.08 Å². The molecular weight excluding hydrogens is 132 g/mol. The van der Waals surface area contributed by atoms with Gasteiger partial charge in [0.25, 0.3) is 0 Å². The minimum Gasteiger partial charge on any atom is -0.470 e. The SMILES string of the molecule is CCC=COC(O)C(C)O. The zero-order valence-corrected chi connectivity index (χ0v) is 6.32. The molecule has 2 N–H and O–H groups in total. The van der Waals surface area contributed by atoms with Crippen molar-refractivity contribution in [1.82, 2.24) is 0 Å². The molecule has 0 saturated carbocycles. The van der Waals surface area contributed by atoms with Crippen LogP contribution in [0.4, 0.5) is 0 Å². The standard InChI is InChI=1S/C7H14O3/c1-3-4-5-10-7(9)6(2)8/h4-9H,3H2,1-2H3. The van der Waals surface area contributed by atoms with Gasteiger partial charge in [-0.3, -0.25) is 0 Å². The van der Waals surface area contributed by atoms with Crippen LogP contribution in [0.15, 0.2) is 12.3 Å². The maximum atomic E-state index is 8.83. The van der Waals surface area contributed by atoms with Crippen LogP contribution >= 0.6 is 0 Å². The minimum atomic E-state index is -1.11. The second-order valence-electron chi connectivity index (χ2n) is 2.05. The Hall–Kier alpha value is -0.540. The summed E-state index contributed by atoms with van der Waals surface area (Å²) in [6.07, 6.45) is 2.04. The summed E-state index contributed by atoms with van der Waals surface area (Å²) >= 11 is 0. The number of ether oxygens (including phenoxy) is 1. The van der Waals surface area contributed by atoms with Gasteiger partial charge in [-0.1, -0.05) is 6.92 Å². The van der Waals surface area contributed by atoms with Gasteiger partial charge in [0.05, 0.1) is 6.26 Å². The van der Waals surface area contributed by atoms with Crippen LogP contribution in [-0.2, 0) is 4.74 Å². The summed E-state index contributed by atoms with van der Waals surface area (Å²) in [4.78, 5) is 0. The van der Waals surface area contributed by atoms with E-state index in [-0.39, 0.29) is 0 Å². The fourth-order valence-corrected chi connectivity index (χ4v) is 0.346. The normalized spacial score (nSPS) is 17.2. The van der Waals surface area contributed by atoms with Crippen LogP contribution in [0.1, 0.15) is 20.3 Å². The van der Waals surface area contributed by atoms with Gasteiger partial charge in [0.1, 0.15) is 6.10 Å². The number of aliphatic hydroxyl groups is 2. The second kappa shape index (κ2) is 5.26. The summed E-state index contributed by atoms with van der Waals surface area (Å²) in [5.74, 6) is 0. The largest absolute Gasteiger partial charge is 0.470 e. The van der Waals surface area contributed by atoms with Crippen molar-refractivity contribution in [1.29, 1.82) is 0 Å². The molecule has 3 nitrogen and oxygen atoms in total. The van der Waals surface area contributed by atoms with E-state index in [2.05, 4.69) is 4.74 Å². The van der Waals surface area contributed by atoms with E-state index in [0.29, 0.717) is 0 Å². The lowest BCUT2D eigenvalue weighted by Crippen LogP contribution is -2.23. The highest BCUT2D eigenvalue weighted by atomic mass is 16.6. The summed E-state index contributed by atoms with van der Waals surface area (Å²) < 4.78 is 4.67. The molecule has 60 valence electrons. The van der Waals surface area contributed by atoms with E-state index in [0.717, 1.165) is 6.42 Å². The minimum absolute atomic E-state index is 0.846. The predicted molar refractivity (Wildman–Crippen MR) is 38.2 cm³/mol. The van der Waals surface area contributed by atoms with E-state index in [4.69, 9.17) is 10.2 Å². The van der Waals surface area contributed by atoms with Crippen molar-refractivity contribution < 1.29 is 14.9 Å². The first-order chi connectivity index (χ1) is 4.68. The molecule has 0 aliphatic rings. The molecule has 2 unspecified atom stereocenters. The van der Waals surface area contributed by atoms with Gasteiger partial charge in [0.2, 0.25) is 6.29 Å².